The zero-order chi connectivity index (χ0) is 11.4. The van der Waals surface area contributed by atoms with Crippen LogP contribution in [0, 0.1) is 0 Å². The van der Waals surface area contributed by atoms with Gasteiger partial charge < -0.3 is 10.8 Å². The molecular weight excluding hydrogens is 218 g/mol. The fourth-order valence-electron chi connectivity index (χ4n) is 1.09. The molecule has 1 unspecified atom stereocenters. The third kappa shape index (κ3) is 3.25. The van der Waals surface area contributed by atoms with Gasteiger partial charge in [-0.1, -0.05) is 12.1 Å². The van der Waals surface area contributed by atoms with Crippen LogP contribution in [0.25, 0.3) is 0 Å². The number of halogens is 1. The molecule has 0 aliphatic carbocycles. The number of hydrogen-bond acceptors (Lipinski definition) is 2. The van der Waals surface area contributed by atoms with Crippen molar-refractivity contribution in [1.29, 1.82) is 0 Å². The number of hydrogen-bond donors (Lipinski definition) is 2. The van der Waals surface area contributed by atoms with Gasteiger partial charge in [-0.05, 0) is 24.1 Å². The van der Waals surface area contributed by atoms with Gasteiger partial charge in [0.25, 0.3) is 0 Å². The number of carboxylic acid groups (broad SMARTS) is 1. The first-order chi connectivity index (χ1) is 7.00. The van der Waals surface area contributed by atoms with Gasteiger partial charge in [-0.3, -0.25) is 4.79 Å². The van der Waals surface area contributed by atoms with Gasteiger partial charge in [-0.25, -0.2) is 4.79 Å². The Bertz CT molecular complexity index is 375. The van der Waals surface area contributed by atoms with E-state index in [1.54, 1.807) is 12.1 Å². The van der Waals surface area contributed by atoms with Crippen molar-refractivity contribution in [3.8, 4) is 0 Å². The Morgan fingerprint density at radius 2 is 1.87 bits per heavy atom. The van der Waals surface area contributed by atoms with Crippen molar-refractivity contribution in [2.45, 2.75) is 11.8 Å². The van der Waals surface area contributed by atoms with Gasteiger partial charge in [0, 0.05) is 0 Å². The summed E-state index contributed by atoms with van der Waals surface area (Å²) in [6, 6.07) is 6.15. The lowest BCUT2D eigenvalue weighted by atomic mass is 10.1. The van der Waals surface area contributed by atoms with Crippen molar-refractivity contribution in [2.75, 3.05) is 0 Å². The second kappa shape index (κ2) is 4.79. The molecule has 0 saturated carbocycles. The average molecular weight is 228 g/mol. The third-order valence-electron chi connectivity index (χ3n) is 1.92. The maximum atomic E-state index is 10.7. The van der Waals surface area contributed by atoms with Gasteiger partial charge in [0.05, 0.1) is 5.56 Å². The number of primary amides is 1. The summed E-state index contributed by atoms with van der Waals surface area (Å²) in [5, 5.41) is 7.88. The van der Waals surface area contributed by atoms with Crippen LogP contribution in [0.5, 0.6) is 0 Å². The summed E-state index contributed by atoms with van der Waals surface area (Å²) in [5.74, 6) is -1.57. The highest BCUT2D eigenvalue weighted by Crippen LogP contribution is 2.09. The lowest BCUT2D eigenvalue weighted by Crippen LogP contribution is -2.25. The number of aromatic carboxylic acids is 1. The minimum absolute atomic E-state index is 0.198. The summed E-state index contributed by atoms with van der Waals surface area (Å²) < 4.78 is 0. The van der Waals surface area contributed by atoms with Gasteiger partial charge in [-0.2, -0.15) is 0 Å². The molecule has 0 fully saturated rings. The summed E-state index contributed by atoms with van der Waals surface area (Å²) in [4.78, 5) is 21.2. The standard InChI is InChI=1S/C10H10ClNO3/c11-8(9(12)13)5-6-1-3-7(4-2-6)10(14)15/h1-4,8H,5H2,(H2,12,13)(H,14,15). The fourth-order valence-corrected chi connectivity index (χ4v) is 1.27. The van der Waals surface area contributed by atoms with Crippen molar-refractivity contribution in [3.05, 3.63) is 35.4 Å². The van der Waals surface area contributed by atoms with Gasteiger partial charge in [0.2, 0.25) is 5.91 Å². The molecule has 1 atom stereocenters. The molecule has 0 aliphatic rings. The Hall–Kier alpha value is -1.55. The summed E-state index contributed by atoms with van der Waals surface area (Å²) >= 11 is 5.66. The molecule has 0 saturated heterocycles. The van der Waals surface area contributed by atoms with Crippen molar-refractivity contribution in [3.63, 3.8) is 0 Å². The van der Waals surface area contributed by atoms with Gasteiger partial charge in [0.1, 0.15) is 5.38 Å². The summed E-state index contributed by atoms with van der Waals surface area (Å²) in [6.45, 7) is 0. The fraction of sp³-hybridized carbons (Fsp3) is 0.200. The molecule has 0 bridgehead atoms. The number of carboxylic acids is 1. The van der Waals surface area contributed by atoms with Crippen LogP contribution in [-0.4, -0.2) is 22.4 Å². The molecule has 1 rings (SSSR count). The van der Waals surface area contributed by atoms with E-state index in [1.165, 1.54) is 12.1 Å². The predicted molar refractivity (Wildman–Crippen MR) is 55.9 cm³/mol. The number of benzene rings is 1. The van der Waals surface area contributed by atoms with Gasteiger partial charge in [-0.15, -0.1) is 11.6 Å². The maximum Gasteiger partial charge on any atom is 0.335 e. The highest BCUT2D eigenvalue weighted by molar-refractivity contribution is 6.30. The zero-order valence-electron chi connectivity index (χ0n) is 7.81. The SMILES string of the molecule is NC(=O)C(Cl)Cc1ccc(C(=O)O)cc1. The van der Waals surface area contributed by atoms with Crippen molar-refractivity contribution in [1.82, 2.24) is 0 Å². The molecule has 5 heteroatoms. The van der Waals surface area contributed by atoms with Gasteiger partial charge in [0.15, 0.2) is 0 Å². The Kier molecular flexibility index (Phi) is 3.68. The molecule has 0 aromatic heterocycles. The van der Waals surface area contributed by atoms with E-state index in [4.69, 9.17) is 22.4 Å². The first-order valence-electron chi connectivity index (χ1n) is 4.26. The minimum atomic E-state index is -0.987. The molecule has 0 spiro atoms. The second-order valence-electron chi connectivity index (χ2n) is 3.08. The molecule has 1 aromatic rings. The molecule has 0 heterocycles. The highest BCUT2D eigenvalue weighted by atomic mass is 35.5. The van der Waals surface area contributed by atoms with Crippen molar-refractivity contribution in [2.24, 2.45) is 5.73 Å². The van der Waals surface area contributed by atoms with E-state index in [-0.39, 0.29) is 5.56 Å². The Balaban J connectivity index is 2.72. The monoisotopic (exact) mass is 227 g/mol. The lowest BCUT2D eigenvalue weighted by molar-refractivity contribution is -0.117. The molecule has 15 heavy (non-hydrogen) atoms. The van der Waals surface area contributed by atoms with Crippen molar-refractivity contribution < 1.29 is 14.7 Å². The number of carbonyl (C=O) groups is 2. The van der Waals surface area contributed by atoms with Crippen LogP contribution in [0.1, 0.15) is 15.9 Å². The highest BCUT2D eigenvalue weighted by Gasteiger charge is 2.12. The van der Waals surface area contributed by atoms with Gasteiger partial charge >= 0.3 is 5.97 Å². The van der Waals surface area contributed by atoms with Crippen LogP contribution in [0.15, 0.2) is 24.3 Å². The van der Waals surface area contributed by atoms with E-state index >= 15 is 0 Å². The zero-order valence-corrected chi connectivity index (χ0v) is 8.57. The molecule has 0 radical (unpaired) electrons. The van der Waals surface area contributed by atoms with E-state index in [0.717, 1.165) is 5.56 Å². The number of amides is 1. The Morgan fingerprint density at radius 1 is 1.33 bits per heavy atom. The lowest BCUT2D eigenvalue weighted by Gasteiger charge is -2.05. The van der Waals surface area contributed by atoms with Crippen LogP contribution < -0.4 is 5.73 Å². The minimum Gasteiger partial charge on any atom is -0.478 e. The number of nitrogens with two attached hydrogens (primary N) is 1. The summed E-state index contributed by atoms with van der Waals surface area (Å²) in [6.07, 6.45) is 0.302. The number of carbonyl (C=O) groups excluding carboxylic acids is 1. The van der Waals surface area contributed by atoms with E-state index < -0.39 is 17.3 Å². The maximum absolute atomic E-state index is 10.7. The molecule has 1 amide bonds. The van der Waals surface area contributed by atoms with Crippen LogP contribution >= 0.6 is 11.6 Å². The topological polar surface area (TPSA) is 80.4 Å². The largest absolute Gasteiger partial charge is 0.478 e. The van der Waals surface area contributed by atoms with E-state index in [1.807, 2.05) is 0 Å². The van der Waals surface area contributed by atoms with E-state index in [2.05, 4.69) is 0 Å². The smallest absolute Gasteiger partial charge is 0.335 e. The van der Waals surface area contributed by atoms with E-state index in [9.17, 15) is 9.59 Å². The normalized spacial score (nSPS) is 12.1. The summed E-state index contributed by atoms with van der Waals surface area (Å²) in [5.41, 5.74) is 5.97. The number of rotatable bonds is 4. The van der Waals surface area contributed by atoms with Crippen LogP contribution in [-0.2, 0) is 11.2 Å². The molecule has 3 N–H and O–H groups in total. The van der Waals surface area contributed by atoms with Crippen LogP contribution in [0.3, 0.4) is 0 Å². The molecule has 0 aliphatic heterocycles. The Morgan fingerprint density at radius 3 is 2.27 bits per heavy atom. The van der Waals surface area contributed by atoms with E-state index in [0.29, 0.717) is 6.42 Å². The molecule has 80 valence electrons. The summed E-state index contributed by atoms with van der Waals surface area (Å²) in [7, 11) is 0. The Labute approximate surface area is 91.7 Å². The van der Waals surface area contributed by atoms with Crippen LogP contribution in [0.4, 0.5) is 0 Å². The number of alkyl halides is 1. The first kappa shape index (κ1) is 11.5. The predicted octanol–water partition coefficient (Wildman–Crippen LogP) is 1.02. The third-order valence-corrected chi connectivity index (χ3v) is 2.29. The average Bonchev–Trinajstić information content (AvgIpc) is 2.18. The van der Waals surface area contributed by atoms with Crippen molar-refractivity contribution >= 4 is 23.5 Å². The van der Waals surface area contributed by atoms with Crippen LogP contribution in [0.2, 0.25) is 0 Å². The second-order valence-corrected chi connectivity index (χ2v) is 3.60. The first-order valence-corrected chi connectivity index (χ1v) is 4.70. The molecule has 4 nitrogen and oxygen atoms in total. The molecule has 1 aromatic carbocycles. The quantitative estimate of drug-likeness (QED) is 0.754. The molecular formula is C10H10ClNO3.